The molecule has 2 amide bonds. The second-order valence-corrected chi connectivity index (χ2v) is 10.4. The topological polar surface area (TPSA) is 86.8 Å². The van der Waals surface area contributed by atoms with Gasteiger partial charge in [0.15, 0.2) is 0 Å². The molecular weight excluding hydrogens is 438 g/mol. The minimum Gasteiger partial charge on any atom is -0.354 e. The van der Waals surface area contributed by atoms with Crippen LogP contribution in [0.5, 0.6) is 0 Å². The Bertz CT molecular complexity index is 1060. The number of sulfonamides is 1. The van der Waals surface area contributed by atoms with Crippen molar-refractivity contribution in [2.45, 2.75) is 53.6 Å². The van der Waals surface area contributed by atoms with E-state index >= 15 is 0 Å². The van der Waals surface area contributed by atoms with Gasteiger partial charge >= 0.3 is 0 Å². The molecule has 2 rings (SSSR count). The van der Waals surface area contributed by atoms with Gasteiger partial charge in [0.1, 0.15) is 12.6 Å². The molecule has 2 aromatic carbocycles. The monoisotopic (exact) mass is 473 g/mol. The maximum absolute atomic E-state index is 13.5. The number of hydrogen-bond acceptors (Lipinski definition) is 4. The molecule has 33 heavy (non-hydrogen) atoms. The average Bonchev–Trinajstić information content (AvgIpc) is 2.74. The van der Waals surface area contributed by atoms with Gasteiger partial charge in [-0.15, -0.1) is 0 Å². The maximum Gasteiger partial charge on any atom is 0.244 e. The van der Waals surface area contributed by atoms with Crippen molar-refractivity contribution < 1.29 is 18.0 Å². The van der Waals surface area contributed by atoms with Crippen molar-refractivity contribution in [1.82, 2.24) is 10.2 Å². The zero-order valence-corrected chi connectivity index (χ0v) is 21.2. The van der Waals surface area contributed by atoms with E-state index in [-0.39, 0.29) is 19.0 Å². The Morgan fingerprint density at radius 2 is 1.58 bits per heavy atom. The van der Waals surface area contributed by atoms with Crippen LogP contribution in [0, 0.1) is 20.8 Å². The number of carbonyl (C=O) groups excluding carboxylic acids is 2. The Kier molecular flexibility index (Phi) is 9.05. The number of nitrogens with one attached hydrogen (secondary N) is 1. The number of hydrogen-bond donors (Lipinski definition) is 1. The van der Waals surface area contributed by atoms with Crippen LogP contribution in [-0.2, 0) is 26.2 Å². The molecule has 0 aliphatic carbocycles. The van der Waals surface area contributed by atoms with Crippen LogP contribution < -0.4 is 9.62 Å². The van der Waals surface area contributed by atoms with Gasteiger partial charge in [0.05, 0.1) is 11.9 Å². The summed E-state index contributed by atoms with van der Waals surface area (Å²) in [5.74, 6) is -0.710. The molecule has 0 heterocycles. The van der Waals surface area contributed by atoms with E-state index in [2.05, 4.69) is 5.32 Å². The lowest BCUT2D eigenvalue weighted by atomic mass is 10.1. The van der Waals surface area contributed by atoms with Gasteiger partial charge in [-0.3, -0.25) is 13.9 Å². The third-order valence-electron chi connectivity index (χ3n) is 5.56. The molecule has 2 aromatic rings. The number of carbonyl (C=O) groups is 2. The smallest absolute Gasteiger partial charge is 0.244 e. The van der Waals surface area contributed by atoms with E-state index in [1.165, 1.54) is 4.90 Å². The van der Waals surface area contributed by atoms with Crippen LogP contribution in [0.3, 0.4) is 0 Å². The van der Waals surface area contributed by atoms with E-state index in [1.54, 1.807) is 6.92 Å². The number of amides is 2. The van der Waals surface area contributed by atoms with Crippen LogP contribution >= 0.6 is 0 Å². The molecule has 0 radical (unpaired) electrons. The average molecular weight is 474 g/mol. The summed E-state index contributed by atoms with van der Waals surface area (Å²) in [6, 6.07) is 12.4. The highest BCUT2D eigenvalue weighted by Gasteiger charge is 2.30. The summed E-state index contributed by atoms with van der Waals surface area (Å²) in [7, 11) is -3.74. The lowest BCUT2D eigenvalue weighted by molar-refractivity contribution is -0.139. The third-order valence-corrected chi connectivity index (χ3v) is 6.67. The van der Waals surface area contributed by atoms with Crippen LogP contribution in [0.1, 0.15) is 42.5 Å². The predicted molar refractivity (Wildman–Crippen MR) is 133 cm³/mol. The second-order valence-electron chi connectivity index (χ2n) is 8.48. The van der Waals surface area contributed by atoms with Crippen molar-refractivity contribution in [1.29, 1.82) is 0 Å². The lowest BCUT2D eigenvalue weighted by Crippen LogP contribution is -2.51. The van der Waals surface area contributed by atoms with Crippen molar-refractivity contribution >= 4 is 27.5 Å². The number of anilines is 1. The van der Waals surface area contributed by atoms with E-state index in [0.29, 0.717) is 12.2 Å². The van der Waals surface area contributed by atoms with Crippen LogP contribution in [0.2, 0.25) is 0 Å². The third kappa shape index (κ3) is 7.05. The largest absolute Gasteiger partial charge is 0.354 e. The fraction of sp³-hybridized carbons (Fsp3) is 0.440. The SMILES string of the molecule is CCCNC(=O)[C@H](C)N(Cc1ccc(C)cc1)C(=O)CN(c1c(C)cccc1C)S(C)(=O)=O. The molecule has 0 saturated carbocycles. The molecule has 7 nitrogen and oxygen atoms in total. The van der Waals surface area contributed by atoms with Gasteiger partial charge < -0.3 is 10.2 Å². The summed E-state index contributed by atoms with van der Waals surface area (Å²) >= 11 is 0. The first-order valence-electron chi connectivity index (χ1n) is 11.1. The van der Waals surface area contributed by atoms with Crippen molar-refractivity contribution in [3.8, 4) is 0 Å². The standard InChI is InChI=1S/C25H35N3O4S/c1-7-15-26-25(30)21(5)27(16-22-13-11-18(2)12-14-22)23(29)17-28(33(6,31)32)24-19(3)9-8-10-20(24)4/h8-14,21H,7,15-17H2,1-6H3,(H,26,30)/t21-/m0/s1. The van der Waals surface area contributed by atoms with Crippen molar-refractivity contribution in [3.63, 3.8) is 0 Å². The molecule has 0 saturated heterocycles. The van der Waals surface area contributed by atoms with Gasteiger partial charge in [0, 0.05) is 13.1 Å². The molecule has 0 aromatic heterocycles. The van der Waals surface area contributed by atoms with Crippen molar-refractivity contribution in [3.05, 3.63) is 64.7 Å². The number of benzene rings is 2. The van der Waals surface area contributed by atoms with E-state index in [4.69, 9.17) is 0 Å². The van der Waals surface area contributed by atoms with E-state index < -0.39 is 22.0 Å². The summed E-state index contributed by atoms with van der Waals surface area (Å²) < 4.78 is 26.6. The molecule has 0 bridgehead atoms. The van der Waals surface area contributed by atoms with Crippen LogP contribution in [-0.4, -0.2) is 50.5 Å². The number of rotatable bonds is 10. The van der Waals surface area contributed by atoms with Gasteiger partial charge in [0.2, 0.25) is 21.8 Å². The van der Waals surface area contributed by atoms with Crippen molar-refractivity contribution in [2.75, 3.05) is 23.7 Å². The first-order valence-corrected chi connectivity index (χ1v) is 13.0. The summed E-state index contributed by atoms with van der Waals surface area (Å²) in [4.78, 5) is 27.7. The summed E-state index contributed by atoms with van der Waals surface area (Å²) in [6.45, 7) is 9.54. The Labute approximate surface area is 197 Å². The molecule has 0 spiro atoms. The van der Waals surface area contributed by atoms with Gasteiger partial charge in [0.25, 0.3) is 0 Å². The number of nitrogens with zero attached hydrogens (tertiary/aromatic N) is 2. The minimum absolute atomic E-state index is 0.199. The minimum atomic E-state index is -3.74. The molecule has 1 atom stereocenters. The number of para-hydroxylation sites is 1. The fourth-order valence-electron chi connectivity index (χ4n) is 3.64. The zero-order valence-electron chi connectivity index (χ0n) is 20.4. The molecule has 0 fully saturated rings. The normalized spacial score (nSPS) is 12.2. The Balaban J connectivity index is 2.42. The van der Waals surface area contributed by atoms with E-state index in [1.807, 2.05) is 70.2 Å². The van der Waals surface area contributed by atoms with Crippen molar-refractivity contribution in [2.24, 2.45) is 0 Å². The van der Waals surface area contributed by atoms with Crippen LogP contribution in [0.4, 0.5) is 5.69 Å². The predicted octanol–water partition coefficient (Wildman–Crippen LogP) is 3.32. The summed E-state index contributed by atoms with van der Waals surface area (Å²) in [6.07, 6.45) is 1.87. The highest BCUT2D eigenvalue weighted by Crippen LogP contribution is 2.27. The molecule has 8 heteroatoms. The molecule has 0 aliphatic heterocycles. The van der Waals surface area contributed by atoms with Gasteiger partial charge in [-0.05, 0) is 50.8 Å². The Hall–Kier alpha value is -2.87. The first kappa shape index (κ1) is 26.4. The molecule has 1 N–H and O–H groups in total. The Morgan fingerprint density at radius 1 is 1.00 bits per heavy atom. The van der Waals surface area contributed by atoms with Gasteiger partial charge in [-0.1, -0.05) is 55.0 Å². The zero-order chi connectivity index (χ0) is 24.8. The van der Waals surface area contributed by atoms with Crippen LogP contribution in [0.15, 0.2) is 42.5 Å². The summed E-state index contributed by atoms with van der Waals surface area (Å²) in [5.41, 5.74) is 3.96. The maximum atomic E-state index is 13.5. The van der Waals surface area contributed by atoms with E-state index in [0.717, 1.165) is 39.2 Å². The van der Waals surface area contributed by atoms with Gasteiger partial charge in [-0.2, -0.15) is 0 Å². The van der Waals surface area contributed by atoms with Crippen LogP contribution in [0.25, 0.3) is 0 Å². The Morgan fingerprint density at radius 3 is 2.09 bits per heavy atom. The molecular formula is C25H35N3O4S. The fourth-order valence-corrected chi connectivity index (χ4v) is 4.61. The number of aryl methyl sites for hydroxylation is 3. The quantitative estimate of drug-likeness (QED) is 0.574. The molecule has 180 valence electrons. The highest BCUT2D eigenvalue weighted by molar-refractivity contribution is 7.92. The summed E-state index contributed by atoms with van der Waals surface area (Å²) in [5, 5.41) is 2.83. The molecule has 0 unspecified atom stereocenters. The lowest BCUT2D eigenvalue weighted by Gasteiger charge is -2.32. The first-order chi connectivity index (χ1) is 15.5. The second kappa shape index (κ2) is 11.3. The van der Waals surface area contributed by atoms with E-state index in [9.17, 15) is 18.0 Å². The van der Waals surface area contributed by atoms with Gasteiger partial charge in [-0.25, -0.2) is 8.42 Å². The molecule has 0 aliphatic rings. The highest BCUT2D eigenvalue weighted by atomic mass is 32.2.